The molecule has 0 spiro atoms. The number of hydrogen-bond donors (Lipinski definition) is 1. The summed E-state index contributed by atoms with van der Waals surface area (Å²) in [5.41, 5.74) is 0. The van der Waals surface area contributed by atoms with Gasteiger partial charge in [-0.25, -0.2) is 0 Å². The second-order valence-electron chi connectivity index (χ2n) is 2.43. The van der Waals surface area contributed by atoms with Gasteiger partial charge in [0.2, 0.25) is 0 Å². The maximum atomic E-state index is 8.59. The van der Waals surface area contributed by atoms with Gasteiger partial charge in [-0.15, -0.1) is 0 Å². The molecule has 0 fully saturated rings. The molecule has 0 amide bonds. The zero-order chi connectivity index (χ0) is 7.40. The first kappa shape index (κ1) is 7.35. The first-order valence-corrected chi connectivity index (χ1v) is 3.49. The molecule has 0 saturated heterocycles. The van der Waals surface area contributed by atoms with Gasteiger partial charge in [-0.1, -0.05) is 6.92 Å². The molecule has 0 unspecified atom stereocenters. The highest BCUT2D eigenvalue weighted by molar-refractivity contribution is 5.03. The molecule has 56 valence electrons. The summed E-state index contributed by atoms with van der Waals surface area (Å²) in [5.74, 6) is 1.29. The zero-order valence-electron chi connectivity index (χ0n) is 6.08. The molecule has 0 aliphatic heterocycles. The smallest absolute Gasteiger partial charge is 0.106 e. The fourth-order valence-corrected chi connectivity index (χ4v) is 0.908. The third-order valence-corrected chi connectivity index (χ3v) is 1.59. The Morgan fingerprint density at radius 2 is 2.50 bits per heavy atom. The summed E-state index contributed by atoms with van der Waals surface area (Å²) >= 11 is 0. The molecule has 1 rings (SSSR count). The van der Waals surface area contributed by atoms with Gasteiger partial charge < -0.3 is 9.52 Å². The Morgan fingerprint density at radius 1 is 1.70 bits per heavy atom. The largest absolute Gasteiger partial charge is 0.469 e. The molecule has 10 heavy (non-hydrogen) atoms. The lowest BCUT2D eigenvalue weighted by Crippen LogP contribution is -1.94. The van der Waals surface area contributed by atoms with Crippen LogP contribution in [0.25, 0.3) is 0 Å². The standard InChI is InChI=1S/C8H12O2/c1-7(4-5-9)8-3-2-6-10-8/h2-3,6-7,9H,4-5H2,1H3/t7-/m1/s1. The Hall–Kier alpha value is -0.760. The molecule has 1 aromatic rings. The van der Waals surface area contributed by atoms with Crippen LogP contribution in [0.4, 0.5) is 0 Å². The minimum absolute atomic E-state index is 0.224. The van der Waals surface area contributed by atoms with Crippen LogP contribution in [0, 0.1) is 0 Å². The molecule has 1 aromatic heterocycles. The minimum Gasteiger partial charge on any atom is -0.469 e. The molecule has 0 saturated carbocycles. The average molecular weight is 140 g/mol. The van der Waals surface area contributed by atoms with E-state index < -0.39 is 0 Å². The minimum atomic E-state index is 0.224. The van der Waals surface area contributed by atoms with Gasteiger partial charge in [0, 0.05) is 12.5 Å². The van der Waals surface area contributed by atoms with Crippen molar-refractivity contribution in [1.29, 1.82) is 0 Å². The Balaban J connectivity index is 2.50. The van der Waals surface area contributed by atoms with Crippen molar-refractivity contribution in [2.75, 3.05) is 6.61 Å². The van der Waals surface area contributed by atoms with Crippen molar-refractivity contribution in [3.63, 3.8) is 0 Å². The van der Waals surface area contributed by atoms with Crippen molar-refractivity contribution in [2.24, 2.45) is 0 Å². The molecule has 0 aromatic carbocycles. The summed E-state index contributed by atoms with van der Waals surface area (Å²) in [5, 5.41) is 8.59. The first-order valence-electron chi connectivity index (χ1n) is 3.49. The van der Waals surface area contributed by atoms with Crippen LogP contribution in [-0.2, 0) is 0 Å². The lowest BCUT2D eigenvalue weighted by molar-refractivity contribution is 0.271. The van der Waals surface area contributed by atoms with E-state index in [1.165, 1.54) is 0 Å². The number of aliphatic hydroxyl groups is 1. The van der Waals surface area contributed by atoms with Crippen LogP contribution in [0.1, 0.15) is 25.0 Å². The van der Waals surface area contributed by atoms with Gasteiger partial charge in [0.1, 0.15) is 5.76 Å². The molecular weight excluding hydrogens is 128 g/mol. The zero-order valence-corrected chi connectivity index (χ0v) is 6.08. The topological polar surface area (TPSA) is 33.4 Å². The Labute approximate surface area is 60.5 Å². The third-order valence-electron chi connectivity index (χ3n) is 1.59. The van der Waals surface area contributed by atoms with Gasteiger partial charge in [0.15, 0.2) is 0 Å². The fourth-order valence-electron chi connectivity index (χ4n) is 0.908. The van der Waals surface area contributed by atoms with Gasteiger partial charge in [-0.2, -0.15) is 0 Å². The highest BCUT2D eigenvalue weighted by atomic mass is 16.3. The van der Waals surface area contributed by atoms with E-state index in [4.69, 9.17) is 9.52 Å². The van der Waals surface area contributed by atoms with E-state index in [1.807, 2.05) is 19.1 Å². The Morgan fingerprint density at radius 3 is 3.00 bits per heavy atom. The lowest BCUT2D eigenvalue weighted by atomic mass is 10.1. The highest BCUT2D eigenvalue weighted by Gasteiger charge is 2.05. The fraction of sp³-hybridized carbons (Fsp3) is 0.500. The maximum absolute atomic E-state index is 8.59. The quantitative estimate of drug-likeness (QED) is 0.694. The van der Waals surface area contributed by atoms with Gasteiger partial charge in [0.25, 0.3) is 0 Å². The van der Waals surface area contributed by atoms with E-state index in [1.54, 1.807) is 6.26 Å². The third kappa shape index (κ3) is 1.61. The van der Waals surface area contributed by atoms with Crippen molar-refractivity contribution in [3.05, 3.63) is 24.2 Å². The summed E-state index contributed by atoms with van der Waals surface area (Å²) in [4.78, 5) is 0. The van der Waals surface area contributed by atoms with Crippen LogP contribution in [0.2, 0.25) is 0 Å². The van der Waals surface area contributed by atoms with Crippen molar-refractivity contribution in [2.45, 2.75) is 19.3 Å². The lowest BCUT2D eigenvalue weighted by Gasteiger charge is -2.03. The van der Waals surface area contributed by atoms with Crippen LogP contribution in [0.15, 0.2) is 22.8 Å². The number of aliphatic hydroxyl groups excluding tert-OH is 1. The molecule has 2 heteroatoms. The summed E-state index contributed by atoms with van der Waals surface area (Å²) in [6, 6.07) is 3.80. The predicted octanol–water partition coefficient (Wildman–Crippen LogP) is 1.77. The second-order valence-corrected chi connectivity index (χ2v) is 2.43. The number of hydrogen-bond acceptors (Lipinski definition) is 2. The van der Waals surface area contributed by atoms with Gasteiger partial charge in [-0.05, 0) is 18.6 Å². The predicted molar refractivity (Wildman–Crippen MR) is 38.8 cm³/mol. The molecule has 0 aliphatic carbocycles. The summed E-state index contributed by atoms with van der Waals surface area (Å²) < 4.78 is 5.14. The van der Waals surface area contributed by atoms with E-state index in [-0.39, 0.29) is 6.61 Å². The number of furan rings is 1. The van der Waals surface area contributed by atoms with E-state index in [9.17, 15) is 0 Å². The van der Waals surface area contributed by atoms with Crippen molar-refractivity contribution in [1.82, 2.24) is 0 Å². The molecule has 2 nitrogen and oxygen atoms in total. The molecule has 1 heterocycles. The normalized spacial score (nSPS) is 13.4. The van der Waals surface area contributed by atoms with Crippen LogP contribution < -0.4 is 0 Å². The second kappa shape index (κ2) is 3.42. The maximum Gasteiger partial charge on any atom is 0.106 e. The Bertz CT molecular complexity index is 167. The summed E-state index contributed by atoms with van der Waals surface area (Å²) in [6.45, 7) is 2.26. The SMILES string of the molecule is C[C@H](CCO)c1ccco1. The van der Waals surface area contributed by atoms with Gasteiger partial charge in [-0.3, -0.25) is 0 Å². The van der Waals surface area contributed by atoms with Crippen LogP contribution >= 0.6 is 0 Å². The molecular formula is C8H12O2. The summed E-state index contributed by atoms with van der Waals surface area (Å²) in [7, 11) is 0. The van der Waals surface area contributed by atoms with Crippen molar-refractivity contribution < 1.29 is 9.52 Å². The average Bonchev–Trinajstić information content (AvgIpc) is 2.38. The van der Waals surface area contributed by atoms with E-state index in [0.29, 0.717) is 5.92 Å². The molecule has 1 atom stereocenters. The van der Waals surface area contributed by atoms with E-state index >= 15 is 0 Å². The van der Waals surface area contributed by atoms with Gasteiger partial charge >= 0.3 is 0 Å². The molecule has 0 radical (unpaired) electrons. The molecule has 0 aliphatic rings. The number of rotatable bonds is 3. The van der Waals surface area contributed by atoms with Crippen molar-refractivity contribution >= 4 is 0 Å². The first-order chi connectivity index (χ1) is 4.84. The van der Waals surface area contributed by atoms with Gasteiger partial charge in [0.05, 0.1) is 6.26 Å². The van der Waals surface area contributed by atoms with Crippen LogP contribution in [0.5, 0.6) is 0 Å². The van der Waals surface area contributed by atoms with Crippen LogP contribution in [0.3, 0.4) is 0 Å². The van der Waals surface area contributed by atoms with E-state index in [0.717, 1.165) is 12.2 Å². The monoisotopic (exact) mass is 140 g/mol. The Kier molecular flexibility index (Phi) is 2.51. The molecule has 1 N–H and O–H groups in total. The summed E-state index contributed by atoms with van der Waals surface area (Å²) in [6.07, 6.45) is 2.43. The van der Waals surface area contributed by atoms with Crippen molar-refractivity contribution in [3.8, 4) is 0 Å². The molecule has 0 bridgehead atoms. The van der Waals surface area contributed by atoms with Crippen LogP contribution in [-0.4, -0.2) is 11.7 Å². The highest BCUT2D eigenvalue weighted by Crippen LogP contribution is 2.17. The van der Waals surface area contributed by atoms with E-state index in [2.05, 4.69) is 0 Å².